The average Bonchev–Trinajstić information content (AvgIpc) is 3.41. The lowest BCUT2D eigenvalue weighted by Gasteiger charge is -2.29. The number of anilines is 3. The normalized spacial score (nSPS) is 22.9. The number of ether oxygens (including phenoxy) is 1. The van der Waals surface area contributed by atoms with Gasteiger partial charge in [-0.05, 0) is 57.2 Å². The summed E-state index contributed by atoms with van der Waals surface area (Å²) in [5.41, 5.74) is 0. The molecule has 7 nitrogen and oxygen atoms in total. The molecule has 0 saturated carbocycles. The van der Waals surface area contributed by atoms with Crippen LogP contribution in [0.2, 0.25) is 0 Å². The number of nitrogens with one attached hydrogen (secondary N) is 2. The molecule has 0 aliphatic carbocycles. The molecule has 27 heavy (non-hydrogen) atoms. The molecule has 0 amide bonds. The highest BCUT2D eigenvalue weighted by atomic mass is 32.1. The predicted molar refractivity (Wildman–Crippen MR) is 113 cm³/mol. The number of hydrogen-bond acceptors (Lipinski definition) is 6. The lowest BCUT2D eigenvalue weighted by atomic mass is 10.1. The van der Waals surface area contributed by atoms with E-state index < -0.39 is 0 Å². The molecule has 148 valence electrons. The van der Waals surface area contributed by atoms with Crippen molar-refractivity contribution < 1.29 is 4.74 Å². The van der Waals surface area contributed by atoms with Crippen LogP contribution < -0.4 is 20.4 Å². The fourth-order valence-electron chi connectivity index (χ4n) is 4.03. The van der Waals surface area contributed by atoms with Crippen molar-refractivity contribution in [1.29, 1.82) is 0 Å². The molecule has 4 heterocycles. The largest absolute Gasteiger partial charge is 0.376 e. The molecule has 8 heteroatoms. The first-order chi connectivity index (χ1) is 13.3. The zero-order chi connectivity index (χ0) is 18.5. The van der Waals surface area contributed by atoms with Gasteiger partial charge < -0.3 is 25.2 Å². The Kier molecular flexibility index (Phi) is 6.24. The van der Waals surface area contributed by atoms with Gasteiger partial charge in [-0.3, -0.25) is 0 Å². The number of rotatable bonds is 5. The van der Waals surface area contributed by atoms with Crippen molar-refractivity contribution in [3.05, 3.63) is 6.07 Å². The lowest BCUT2D eigenvalue weighted by Crippen LogP contribution is -2.36. The molecule has 1 aromatic rings. The zero-order valence-electron chi connectivity index (χ0n) is 16.0. The van der Waals surface area contributed by atoms with Crippen LogP contribution in [0.5, 0.6) is 0 Å². The fraction of sp³-hybridized carbons (Fsp3) is 0.737. The second-order valence-electron chi connectivity index (χ2n) is 7.62. The summed E-state index contributed by atoms with van der Waals surface area (Å²) in [6, 6.07) is 2.14. The van der Waals surface area contributed by atoms with Gasteiger partial charge >= 0.3 is 0 Å². The molecule has 0 spiro atoms. The Morgan fingerprint density at radius 1 is 1.00 bits per heavy atom. The molecule has 1 aromatic heterocycles. The van der Waals surface area contributed by atoms with Crippen LogP contribution in [0.15, 0.2) is 6.07 Å². The van der Waals surface area contributed by atoms with Crippen LogP contribution in [0.1, 0.15) is 44.9 Å². The van der Waals surface area contributed by atoms with Crippen molar-refractivity contribution in [3.63, 3.8) is 0 Å². The molecular formula is C19H30N6OS. The SMILES string of the molecule is S=C(NC[C@@H]1CCCO1)Nc1nc(N2CCCCC2)cc(N2CCCC2)n1. The minimum Gasteiger partial charge on any atom is -0.376 e. The minimum atomic E-state index is 0.255. The Morgan fingerprint density at radius 2 is 1.63 bits per heavy atom. The van der Waals surface area contributed by atoms with E-state index in [1.54, 1.807) is 0 Å². The highest BCUT2D eigenvalue weighted by Crippen LogP contribution is 2.26. The maximum Gasteiger partial charge on any atom is 0.232 e. The van der Waals surface area contributed by atoms with Gasteiger partial charge in [0.2, 0.25) is 5.95 Å². The van der Waals surface area contributed by atoms with Gasteiger partial charge in [0.15, 0.2) is 5.11 Å². The first-order valence-electron chi connectivity index (χ1n) is 10.3. The quantitative estimate of drug-likeness (QED) is 0.744. The lowest BCUT2D eigenvalue weighted by molar-refractivity contribution is 0.114. The molecule has 2 N–H and O–H groups in total. The van der Waals surface area contributed by atoms with E-state index in [-0.39, 0.29) is 6.10 Å². The molecule has 3 fully saturated rings. The predicted octanol–water partition coefficient (Wildman–Crippen LogP) is 2.53. The smallest absolute Gasteiger partial charge is 0.232 e. The average molecular weight is 391 g/mol. The molecular weight excluding hydrogens is 360 g/mol. The van der Waals surface area contributed by atoms with Crippen LogP contribution in [0.4, 0.5) is 17.6 Å². The second kappa shape index (κ2) is 9.01. The van der Waals surface area contributed by atoms with E-state index in [1.165, 1.54) is 32.1 Å². The number of aromatic nitrogens is 2. The summed E-state index contributed by atoms with van der Waals surface area (Å²) >= 11 is 5.46. The highest BCUT2D eigenvalue weighted by Gasteiger charge is 2.20. The van der Waals surface area contributed by atoms with Crippen LogP contribution in [0, 0.1) is 0 Å². The number of piperidine rings is 1. The minimum absolute atomic E-state index is 0.255. The summed E-state index contributed by atoms with van der Waals surface area (Å²) in [5, 5.41) is 7.01. The Morgan fingerprint density at radius 3 is 2.22 bits per heavy atom. The topological polar surface area (TPSA) is 65.6 Å². The molecule has 3 saturated heterocycles. The van der Waals surface area contributed by atoms with Crippen LogP contribution in [-0.4, -0.2) is 60.5 Å². The van der Waals surface area contributed by atoms with E-state index in [0.717, 1.165) is 63.8 Å². The van der Waals surface area contributed by atoms with Crippen molar-refractivity contribution in [2.45, 2.75) is 51.0 Å². The van der Waals surface area contributed by atoms with Crippen LogP contribution >= 0.6 is 12.2 Å². The van der Waals surface area contributed by atoms with Crippen LogP contribution in [-0.2, 0) is 4.74 Å². The second-order valence-corrected chi connectivity index (χ2v) is 8.03. The van der Waals surface area contributed by atoms with E-state index in [0.29, 0.717) is 11.1 Å². The van der Waals surface area contributed by atoms with Gasteiger partial charge in [0.05, 0.1) is 6.10 Å². The van der Waals surface area contributed by atoms with Crippen LogP contribution in [0.3, 0.4) is 0 Å². The number of thiocarbonyl (C=S) groups is 1. The summed E-state index contributed by atoms with van der Waals surface area (Å²) in [7, 11) is 0. The molecule has 0 unspecified atom stereocenters. The van der Waals surface area contributed by atoms with E-state index in [2.05, 4.69) is 26.5 Å². The van der Waals surface area contributed by atoms with Gasteiger partial charge in [-0.1, -0.05) is 0 Å². The van der Waals surface area contributed by atoms with Gasteiger partial charge in [0.1, 0.15) is 11.6 Å². The van der Waals surface area contributed by atoms with Gasteiger partial charge in [-0.2, -0.15) is 9.97 Å². The Balaban J connectivity index is 1.45. The number of nitrogens with zero attached hydrogens (tertiary/aromatic N) is 4. The fourth-order valence-corrected chi connectivity index (χ4v) is 4.20. The van der Waals surface area contributed by atoms with E-state index >= 15 is 0 Å². The standard InChI is InChI=1S/C19H30N6OS/c27-19(20-14-15-7-6-12-26-15)23-18-21-16(24-8-2-1-3-9-24)13-17(22-18)25-10-4-5-11-25/h13,15H,1-12,14H2,(H2,20,21,22,23,27)/t15-/m0/s1. The van der Waals surface area contributed by atoms with E-state index in [4.69, 9.17) is 26.9 Å². The summed E-state index contributed by atoms with van der Waals surface area (Å²) in [5.74, 6) is 2.60. The van der Waals surface area contributed by atoms with Crippen molar-refractivity contribution in [3.8, 4) is 0 Å². The third-order valence-electron chi connectivity index (χ3n) is 5.55. The zero-order valence-corrected chi connectivity index (χ0v) is 16.8. The van der Waals surface area contributed by atoms with Crippen molar-refractivity contribution in [2.75, 3.05) is 54.4 Å². The molecule has 0 aromatic carbocycles. The maximum absolute atomic E-state index is 5.64. The Bertz CT molecular complexity index is 639. The monoisotopic (exact) mass is 390 g/mol. The first-order valence-corrected chi connectivity index (χ1v) is 10.7. The summed E-state index contributed by atoms with van der Waals surface area (Å²) in [6.45, 7) is 5.85. The summed E-state index contributed by atoms with van der Waals surface area (Å²) in [6.07, 6.45) is 8.71. The van der Waals surface area contributed by atoms with Crippen molar-refractivity contribution in [2.24, 2.45) is 0 Å². The maximum atomic E-state index is 5.64. The third-order valence-corrected chi connectivity index (χ3v) is 5.80. The Hall–Kier alpha value is -1.67. The Labute approximate surface area is 166 Å². The highest BCUT2D eigenvalue weighted by molar-refractivity contribution is 7.80. The number of hydrogen-bond donors (Lipinski definition) is 2. The third kappa shape index (κ3) is 4.99. The van der Waals surface area contributed by atoms with E-state index in [1.807, 2.05) is 0 Å². The van der Waals surface area contributed by atoms with E-state index in [9.17, 15) is 0 Å². The van der Waals surface area contributed by atoms with Gasteiger partial charge in [-0.15, -0.1) is 0 Å². The molecule has 0 radical (unpaired) electrons. The van der Waals surface area contributed by atoms with Gasteiger partial charge in [0.25, 0.3) is 0 Å². The molecule has 3 aliphatic heterocycles. The van der Waals surface area contributed by atoms with Crippen LogP contribution in [0.25, 0.3) is 0 Å². The first kappa shape index (κ1) is 18.7. The van der Waals surface area contributed by atoms with Gasteiger partial charge in [0, 0.05) is 45.4 Å². The molecule has 4 rings (SSSR count). The molecule has 1 atom stereocenters. The van der Waals surface area contributed by atoms with Crippen molar-refractivity contribution >= 4 is 34.9 Å². The summed E-state index contributed by atoms with van der Waals surface area (Å²) < 4.78 is 5.64. The summed E-state index contributed by atoms with van der Waals surface area (Å²) in [4.78, 5) is 14.2. The molecule has 0 bridgehead atoms. The van der Waals surface area contributed by atoms with Crippen molar-refractivity contribution in [1.82, 2.24) is 15.3 Å². The molecule has 3 aliphatic rings. The van der Waals surface area contributed by atoms with Gasteiger partial charge in [-0.25, -0.2) is 0 Å².